The smallest absolute Gasteiger partial charge is 0.317 e. The molecule has 2 aliphatic heterocycles. The van der Waals surface area contributed by atoms with Crippen LogP contribution in [0.15, 0.2) is 24.3 Å². The molecule has 0 aromatic heterocycles. The minimum atomic E-state index is -0.115. The van der Waals surface area contributed by atoms with Crippen molar-refractivity contribution >= 4 is 17.6 Å². The van der Waals surface area contributed by atoms with Gasteiger partial charge in [-0.1, -0.05) is 24.6 Å². The number of carbonyl (C=O) groups excluding carboxylic acids is 2. The number of nitrogens with one attached hydrogen (secondary N) is 1. The van der Waals surface area contributed by atoms with E-state index in [0.29, 0.717) is 13.0 Å². The van der Waals surface area contributed by atoms with Gasteiger partial charge in [-0.2, -0.15) is 0 Å². The summed E-state index contributed by atoms with van der Waals surface area (Å²) in [6.45, 7) is 9.08. The lowest BCUT2D eigenvalue weighted by Gasteiger charge is -2.34. The van der Waals surface area contributed by atoms with Crippen molar-refractivity contribution in [1.82, 2.24) is 15.1 Å². The molecule has 1 aromatic rings. The highest BCUT2D eigenvalue weighted by atomic mass is 16.2. The summed E-state index contributed by atoms with van der Waals surface area (Å²) in [5, 5.41) is 3.03. The lowest BCUT2D eigenvalue weighted by Crippen LogP contribution is -2.53. The maximum Gasteiger partial charge on any atom is 0.317 e. The monoisotopic (exact) mass is 330 g/mol. The molecule has 2 fully saturated rings. The lowest BCUT2D eigenvalue weighted by atomic mass is 10.2. The van der Waals surface area contributed by atoms with Crippen LogP contribution in [-0.4, -0.2) is 67.0 Å². The molecular weight excluding hydrogens is 304 g/mol. The van der Waals surface area contributed by atoms with Crippen molar-refractivity contribution < 1.29 is 9.59 Å². The van der Waals surface area contributed by atoms with Crippen molar-refractivity contribution in [2.45, 2.75) is 26.3 Å². The van der Waals surface area contributed by atoms with Gasteiger partial charge in [-0.25, -0.2) is 4.79 Å². The van der Waals surface area contributed by atoms with E-state index in [-0.39, 0.29) is 18.0 Å². The Hall–Kier alpha value is -2.08. The first kappa shape index (κ1) is 16.8. The second-order valence-electron chi connectivity index (χ2n) is 6.61. The molecule has 130 valence electrons. The van der Waals surface area contributed by atoms with Crippen LogP contribution in [0.25, 0.3) is 0 Å². The number of likely N-dealkylation sites (N-methyl/N-ethyl adjacent to an activating group) is 1. The van der Waals surface area contributed by atoms with E-state index in [0.717, 1.165) is 38.4 Å². The van der Waals surface area contributed by atoms with Crippen molar-refractivity contribution in [3.05, 3.63) is 29.8 Å². The Labute approximate surface area is 143 Å². The quantitative estimate of drug-likeness (QED) is 0.913. The Bertz CT molecular complexity index is 594. The highest BCUT2D eigenvalue weighted by Gasteiger charge is 2.32. The van der Waals surface area contributed by atoms with Crippen LogP contribution in [0.4, 0.5) is 10.5 Å². The number of aryl methyl sites for hydroxylation is 1. The predicted octanol–water partition coefficient (Wildman–Crippen LogP) is 1.45. The number of benzene rings is 1. The summed E-state index contributed by atoms with van der Waals surface area (Å²) in [4.78, 5) is 30.6. The molecule has 6 heteroatoms. The third-order valence-electron chi connectivity index (χ3n) is 4.90. The third kappa shape index (κ3) is 3.70. The largest absolute Gasteiger partial charge is 0.333 e. The summed E-state index contributed by atoms with van der Waals surface area (Å²) in [5.41, 5.74) is 2.07. The summed E-state index contributed by atoms with van der Waals surface area (Å²) >= 11 is 0. The number of hydrogen-bond donors (Lipinski definition) is 1. The van der Waals surface area contributed by atoms with Gasteiger partial charge >= 0.3 is 6.03 Å². The van der Waals surface area contributed by atoms with Gasteiger partial charge in [-0.3, -0.25) is 4.79 Å². The van der Waals surface area contributed by atoms with Crippen LogP contribution >= 0.6 is 0 Å². The average Bonchev–Trinajstić information content (AvgIpc) is 2.96. The summed E-state index contributed by atoms with van der Waals surface area (Å²) in [7, 11) is 0. The lowest BCUT2D eigenvalue weighted by molar-refractivity contribution is -0.117. The molecule has 3 amide bonds. The molecule has 0 radical (unpaired) electrons. The van der Waals surface area contributed by atoms with Gasteiger partial charge in [0.15, 0.2) is 0 Å². The van der Waals surface area contributed by atoms with Gasteiger partial charge < -0.3 is 20.0 Å². The zero-order chi connectivity index (χ0) is 17.1. The van der Waals surface area contributed by atoms with Crippen molar-refractivity contribution in [3.8, 4) is 0 Å². The molecule has 2 saturated heterocycles. The van der Waals surface area contributed by atoms with E-state index < -0.39 is 0 Å². The van der Waals surface area contributed by atoms with Crippen LogP contribution < -0.4 is 10.2 Å². The molecule has 0 aliphatic carbocycles. The van der Waals surface area contributed by atoms with E-state index in [1.165, 1.54) is 5.56 Å². The number of rotatable bonds is 3. The summed E-state index contributed by atoms with van der Waals surface area (Å²) in [5.74, 6) is 0.0694. The Morgan fingerprint density at radius 2 is 1.83 bits per heavy atom. The number of anilines is 1. The van der Waals surface area contributed by atoms with Crippen molar-refractivity contribution in [2.75, 3.05) is 44.2 Å². The Morgan fingerprint density at radius 1 is 1.17 bits per heavy atom. The van der Waals surface area contributed by atoms with Crippen LogP contribution in [0.2, 0.25) is 0 Å². The van der Waals surface area contributed by atoms with Gasteiger partial charge in [0, 0.05) is 44.8 Å². The first-order chi connectivity index (χ1) is 11.6. The molecule has 24 heavy (non-hydrogen) atoms. The van der Waals surface area contributed by atoms with Crippen LogP contribution in [0.3, 0.4) is 0 Å². The van der Waals surface area contributed by atoms with Crippen LogP contribution in [-0.2, 0) is 4.79 Å². The minimum absolute atomic E-state index is 0.0469. The van der Waals surface area contributed by atoms with E-state index in [1.54, 1.807) is 4.90 Å². The molecule has 2 aliphatic rings. The van der Waals surface area contributed by atoms with Crippen molar-refractivity contribution in [1.29, 1.82) is 0 Å². The predicted molar refractivity (Wildman–Crippen MR) is 94.2 cm³/mol. The van der Waals surface area contributed by atoms with E-state index in [2.05, 4.69) is 17.1 Å². The second-order valence-corrected chi connectivity index (χ2v) is 6.61. The number of urea groups is 1. The fourth-order valence-electron chi connectivity index (χ4n) is 3.31. The maximum absolute atomic E-state index is 12.4. The molecule has 1 aromatic carbocycles. The zero-order valence-corrected chi connectivity index (χ0v) is 14.5. The Kier molecular flexibility index (Phi) is 5.04. The average molecular weight is 330 g/mol. The highest BCUT2D eigenvalue weighted by Crippen LogP contribution is 2.22. The molecule has 3 rings (SSSR count). The zero-order valence-electron chi connectivity index (χ0n) is 14.5. The summed E-state index contributed by atoms with van der Waals surface area (Å²) in [6, 6.07) is 7.76. The first-order valence-corrected chi connectivity index (χ1v) is 8.71. The molecule has 0 unspecified atom stereocenters. The molecule has 1 N–H and O–H groups in total. The van der Waals surface area contributed by atoms with Crippen molar-refractivity contribution in [2.24, 2.45) is 0 Å². The minimum Gasteiger partial charge on any atom is -0.333 e. The molecule has 2 heterocycles. The van der Waals surface area contributed by atoms with E-state index in [9.17, 15) is 9.59 Å². The van der Waals surface area contributed by atoms with E-state index >= 15 is 0 Å². The fraction of sp³-hybridized carbons (Fsp3) is 0.556. The molecule has 0 spiro atoms. The van der Waals surface area contributed by atoms with Crippen LogP contribution in [0.5, 0.6) is 0 Å². The van der Waals surface area contributed by atoms with E-state index in [4.69, 9.17) is 0 Å². The van der Waals surface area contributed by atoms with E-state index in [1.807, 2.05) is 36.1 Å². The highest BCUT2D eigenvalue weighted by molar-refractivity contribution is 5.96. The molecule has 0 bridgehead atoms. The fourth-order valence-corrected chi connectivity index (χ4v) is 3.31. The molecule has 0 saturated carbocycles. The van der Waals surface area contributed by atoms with Crippen molar-refractivity contribution in [3.63, 3.8) is 0 Å². The number of piperazine rings is 1. The SMILES string of the molecule is CCN1CCN(C(=O)N[C@@H]2CC(=O)N(c3ccc(C)cc3)C2)CC1. The third-order valence-corrected chi connectivity index (χ3v) is 4.90. The molecular formula is C18H26N4O2. The Balaban J connectivity index is 1.54. The number of hydrogen-bond acceptors (Lipinski definition) is 3. The second kappa shape index (κ2) is 7.21. The molecule has 1 atom stereocenters. The Morgan fingerprint density at radius 3 is 2.46 bits per heavy atom. The maximum atomic E-state index is 12.4. The number of amides is 3. The van der Waals surface area contributed by atoms with Gasteiger partial charge in [-0.05, 0) is 25.6 Å². The van der Waals surface area contributed by atoms with Gasteiger partial charge in [-0.15, -0.1) is 0 Å². The van der Waals surface area contributed by atoms with Gasteiger partial charge in [0.2, 0.25) is 5.91 Å². The standard InChI is InChI=1S/C18H26N4O2/c1-3-20-8-10-21(11-9-20)18(24)19-15-12-17(23)22(13-15)16-6-4-14(2)5-7-16/h4-7,15H,3,8-13H2,1-2H3,(H,19,24)/t15-/m1/s1. The van der Waals surface area contributed by atoms with Gasteiger partial charge in [0.05, 0.1) is 6.04 Å². The number of carbonyl (C=O) groups is 2. The van der Waals surface area contributed by atoms with Crippen LogP contribution in [0.1, 0.15) is 18.9 Å². The van der Waals surface area contributed by atoms with Gasteiger partial charge in [0.25, 0.3) is 0 Å². The topological polar surface area (TPSA) is 55.9 Å². The summed E-state index contributed by atoms with van der Waals surface area (Å²) < 4.78 is 0. The number of nitrogens with zero attached hydrogens (tertiary/aromatic N) is 3. The van der Waals surface area contributed by atoms with Crippen LogP contribution in [0, 0.1) is 6.92 Å². The normalized spacial score (nSPS) is 22.1. The molecule has 6 nitrogen and oxygen atoms in total. The first-order valence-electron chi connectivity index (χ1n) is 8.71. The van der Waals surface area contributed by atoms with Gasteiger partial charge in [0.1, 0.15) is 0 Å². The summed E-state index contributed by atoms with van der Waals surface area (Å²) in [6.07, 6.45) is 0.370.